The Labute approximate surface area is 128 Å². The van der Waals surface area contributed by atoms with Gasteiger partial charge in [0.05, 0.1) is 10.4 Å². The SMILES string of the molecule is Cc1nn(C)c2nc(NCCN3CCC(CO)CC3)sc12. The lowest BCUT2D eigenvalue weighted by atomic mass is 9.98. The molecule has 0 aromatic carbocycles. The van der Waals surface area contributed by atoms with Crippen molar-refractivity contribution in [3.05, 3.63) is 5.69 Å². The molecule has 0 bridgehead atoms. The summed E-state index contributed by atoms with van der Waals surface area (Å²) in [6.07, 6.45) is 2.23. The van der Waals surface area contributed by atoms with Gasteiger partial charge in [-0.3, -0.25) is 0 Å². The van der Waals surface area contributed by atoms with Crippen molar-refractivity contribution >= 4 is 26.8 Å². The molecule has 0 unspecified atom stereocenters. The number of hydrogen-bond acceptors (Lipinski definition) is 6. The summed E-state index contributed by atoms with van der Waals surface area (Å²) in [4.78, 5) is 7.05. The smallest absolute Gasteiger partial charge is 0.185 e. The van der Waals surface area contributed by atoms with Crippen molar-refractivity contribution in [2.24, 2.45) is 13.0 Å². The zero-order chi connectivity index (χ0) is 14.8. The van der Waals surface area contributed by atoms with Crippen LogP contribution in [0.1, 0.15) is 18.5 Å². The molecule has 21 heavy (non-hydrogen) atoms. The first kappa shape index (κ1) is 14.7. The molecule has 2 N–H and O–H groups in total. The van der Waals surface area contributed by atoms with Crippen LogP contribution in [-0.4, -0.2) is 57.6 Å². The third kappa shape index (κ3) is 3.20. The molecule has 116 valence electrons. The molecule has 1 fully saturated rings. The molecule has 0 aliphatic carbocycles. The van der Waals surface area contributed by atoms with Gasteiger partial charge in [-0.25, -0.2) is 9.67 Å². The number of rotatable bonds is 5. The van der Waals surface area contributed by atoms with E-state index < -0.39 is 0 Å². The predicted molar refractivity (Wildman–Crippen MR) is 85.9 cm³/mol. The summed E-state index contributed by atoms with van der Waals surface area (Å²) in [6.45, 7) is 6.49. The largest absolute Gasteiger partial charge is 0.396 e. The third-order valence-electron chi connectivity index (χ3n) is 4.21. The zero-order valence-corrected chi connectivity index (χ0v) is 13.5. The number of hydrogen-bond donors (Lipinski definition) is 2. The van der Waals surface area contributed by atoms with Crippen molar-refractivity contribution < 1.29 is 5.11 Å². The molecule has 1 saturated heterocycles. The molecule has 0 atom stereocenters. The van der Waals surface area contributed by atoms with Crippen LogP contribution in [0.3, 0.4) is 0 Å². The Morgan fingerprint density at radius 1 is 1.38 bits per heavy atom. The van der Waals surface area contributed by atoms with E-state index in [1.54, 1.807) is 11.3 Å². The highest BCUT2D eigenvalue weighted by Gasteiger charge is 2.18. The summed E-state index contributed by atoms with van der Waals surface area (Å²) in [6, 6.07) is 0. The molecular weight excluding hydrogens is 286 g/mol. The lowest BCUT2D eigenvalue weighted by molar-refractivity contribution is 0.134. The molecule has 0 saturated carbocycles. The molecule has 7 heteroatoms. The molecule has 3 heterocycles. The van der Waals surface area contributed by atoms with Gasteiger partial charge in [0.1, 0.15) is 0 Å². The Morgan fingerprint density at radius 2 is 2.14 bits per heavy atom. The van der Waals surface area contributed by atoms with E-state index in [2.05, 4.69) is 20.3 Å². The predicted octanol–water partition coefficient (Wildman–Crippen LogP) is 1.45. The quantitative estimate of drug-likeness (QED) is 0.875. The number of aliphatic hydroxyl groups is 1. The first-order valence-electron chi connectivity index (χ1n) is 7.54. The number of aryl methyl sites for hydroxylation is 2. The number of aromatic nitrogens is 3. The van der Waals surface area contributed by atoms with Gasteiger partial charge in [-0.1, -0.05) is 11.3 Å². The maximum absolute atomic E-state index is 9.15. The highest BCUT2D eigenvalue weighted by atomic mass is 32.1. The van der Waals surface area contributed by atoms with Crippen molar-refractivity contribution in [1.29, 1.82) is 0 Å². The molecule has 3 rings (SSSR count). The summed E-state index contributed by atoms with van der Waals surface area (Å²) < 4.78 is 3.01. The number of anilines is 1. The minimum atomic E-state index is 0.338. The van der Waals surface area contributed by atoms with Crippen LogP contribution in [0, 0.1) is 12.8 Å². The molecule has 6 nitrogen and oxygen atoms in total. The fourth-order valence-electron chi connectivity index (χ4n) is 2.87. The number of aliphatic hydroxyl groups excluding tert-OH is 1. The second-order valence-corrected chi connectivity index (χ2v) is 6.77. The standard InChI is InChI=1S/C14H23N5OS/c1-10-12-13(18(2)17-10)16-14(21-12)15-5-8-19-6-3-11(9-20)4-7-19/h11,20H,3-9H2,1-2H3,(H,15,16). The van der Waals surface area contributed by atoms with Gasteiger partial charge in [0, 0.05) is 26.7 Å². The summed E-state index contributed by atoms with van der Waals surface area (Å²) in [7, 11) is 1.93. The molecule has 1 aliphatic rings. The highest BCUT2D eigenvalue weighted by Crippen LogP contribution is 2.27. The number of thiazole rings is 1. The van der Waals surface area contributed by atoms with Crippen LogP contribution in [0.15, 0.2) is 0 Å². The lowest BCUT2D eigenvalue weighted by Crippen LogP contribution is -2.37. The summed E-state index contributed by atoms with van der Waals surface area (Å²) in [5, 5.41) is 17.9. The number of nitrogens with one attached hydrogen (secondary N) is 1. The Balaban J connectivity index is 1.49. The first-order chi connectivity index (χ1) is 10.2. The van der Waals surface area contributed by atoms with Crippen LogP contribution < -0.4 is 5.32 Å². The fraction of sp³-hybridized carbons (Fsp3) is 0.714. The van der Waals surface area contributed by atoms with Crippen LogP contribution in [0.4, 0.5) is 5.13 Å². The maximum Gasteiger partial charge on any atom is 0.185 e. The Bertz CT molecular complexity index is 565. The molecule has 0 amide bonds. The van der Waals surface area contributed by atoms with Crippen LogP contribution in [0.25, 0.3) is 10.3 Å². The number of fused-ring (bicyclic) bond motifs is 1. The van der Waals surface area contributed by atoms with Gasteiger partial charge in [0.15, 0.2) is 10.8 Å². The second-order valence-electron chi connectivity index (χ2n) is 5.78. The molecule has 0 spiro atoms. The van der Waals surface area contributed by atoms with Crippen molar-refractivity contribution in [2.45, 2.75) is 19.8 Å². The molecule has 1 aliphatic heterocycles. The van der Waals surface area contributed by atoms with E-state index >= 15 is 0 Å². The van der Waals surface area contributed by atoms with Gasteiger partial charge in [-0.05, 0) is 38.8 Å². The van der Waals surface area contributed by atoms with Gasteiger partial charge in [-0.15, -0.1) is 0 Å². The second kappa shape index (κ2) is 6.29. The van der Waals surface area contributed by atoms with Crippen molar-refractivity contribution in [1.82, 2.24) is 19.7 Å². The van der Waals surface area contributed by atoms with Crippen molar-refractivity contribution in [3.63, 3.8) is 0 Å². The van der Waals surface area contributed by atoms with E-state index in [9.17, 15) is 0 Å². The van der Waals surface area contributed by atoms with Crippen molar-refractivity contribution in [3.8, 4) is 0 Å². The summed E-state index contributed by atoms with van der Waals surface area (Å²) in [5.41, 5.74) is 2.01. The van der Waals surface area contributed by atoms with Gasteiger partial charge in [0.2, 0.25) is 0 Å². The van der Waals surface area contributed by atoms with Crippen LogP contribution in [0.5, 0.6) is 0 Å². The Morgan fingerprint density at radius 3 is 2.81 bits per heavy atom. The average molecular weight is 309 g/mol. The van der Waals surface area contributed by atoms with Gasteiger partial charge in [0.25, 0.3) is 0 Å². The van der Waals surface area contributed by atoms with Crippen LogP contribution in [0.2, 0.25) is 0 Å². The first-order valence-corrected chi connectivity index (χ1v) is 8.36. The van der Waals surface area contributed by atoms with Gasteiger partial charge < -0.3 is 15.3 Å². The monoisotopic (exact) mass is 309 g/mol. The minimum absolute atomic E-state index is 0.338. The molecule has 2 aromatic heterocycles. The number of piperidine rings is 1. The Kier molecular flexibility index (Phi) is 4.42. The van der Waals surface area contributed by atoms with E-state index in [0.717, 1.165) is 55.5 Å². The van der Waals surface area contributed by atoms with E-state index in [0.29, 0.717) is 12.5 Å². The molecule has 0 radical (unpaired) electrons. The zero-order valence-electron chi connectivity index (χ0n) is 12.7. The lowest BCUT2D eigenvalue weighted by Gasteiger charge is -2.30. The summed E-state index contributed by atoms with van der Waals surface area (Å²) in [5.74, 6) is 0.508. The van der Waals surface area contributed by atoms with Gasteiger partial charge >= 0.3 is 0 Å². The molecular formula is C14H23N5OS. The highest BCUT2D eigenvalue weighted by molar-refractivity contribution is 7.22. The Hall–Kier alpha value is -1.18. The van der Waals surface area contributed by atoms with Crippen LogP contribution >= 0.6 is 11.3 Å². The van der Waals surface area contributed by atoms with E-state index in [1.807, 2.05) is 18.7 Å². The number of likely N-dealkylation sites (tertiary alicyclic amines) is 1. The topological polar surface area (TPSA) is 66.2 Å². The van der Waals surface area contributed by atoms with E-state index in [-0.39, 0.29) is 0 Å². The maximum atomic E-state index is 9.15. The summed E-state index contributed by atoms with van der Waals surface area (Å²) >= 11 is 1.68. The van der Waals surface area contributed by atoms with Crippen LogP contribution in [-0.2, 0) is 7.05 Å². The van der Waals surface area contributed by atoms with Crippen molar-refractivity contribution in [2.75, 3.05) is 38.1 Å². The average Bonchev–Trinajstić information content (AvgIpc) is 3.02. The van der Waals surface area contributed by atoms with E-state index in [4.69, 9.17) is 5.11 Å². The fourth-order valence-corrected chi connectivity index (χ4v) is 3.83. The molecule has 2 aromatic rings. The third-order valence-corrected chi connectivity index (χ3v) is 5.33. The van der Waals surface area contributed by atoms with E-state index in [1.165, 1.54) is 4.70 Å². The normalized spacial score (nSPS) is 17.7. The minimum Gasteiger partial charge on any atom is -0.396 e. The number of nitrogens with zero attached hydrogens (tertiary/aromatic N) is 4. The van der Waals surface area contributed by atoms with Gasteiger partial charge in [-0.2, -0.15) is 5.10 Å².